The number of alkyl halides is 3. The Hall–Kier alpha value is -0.720. The molecule has 0 bridgehead atoms. The Labute approximate surface area is 96.8 Å². The van der Waals surface area contributed by atoms with Crippen LogP contribution in [-0.2, 0) is 0 Å². The second kappa shape index (κ2) is 5.56. The van der Waals surface area contributed by atoms with Crippen LogP contribution in [-0.4, -0.2) is 41.9 Å². The monoisotopic (exact) mass is 253 g/mol. The van der Waals surface area contributed by atoms with Gasteiger partial charge in [-0.3, -0.25) is 4.99 Å². The molecule has 1 aliphatic heterocycles. The van der Waals surface area contributed by atoms with E-state index in [1.165, 1.54) is 16.8 Å². The maximum Gasteiger partial charge on any atom is 0.408 e. The van der Waals surface area contributed by atoms with Crippen molar-refractivity contribution in [3.63, 3.8) is 0 Å². The molecular formula is C9H14F3N3S. The first-order chi connectivity index (χ1) is 7.46. The molecule has 0 N–H and O–H groups in total. The summed E-state index contributed by atoms with van der Waals surface area (Å²) in [4.78, 5) is 3.53. The molecule has 3 nitrogen and oxygen atoms in total. The van der Waals surface area contributed by atoms with Gasteiger partial charge in [0.2, 0.25) is 0 Å². The van der Waals surface area contributed by atoms with Crippen LogP contribution in [0.1, 0.15) is 13.3 Å². The van der Waals surface area contributed by atoms with Gasteiger partial charge in [0, 0.05) is 12.1 Å². The van der Waals surface area contributed by atoms with Crippen molar-refractivity contribution in [2.75, 3.05) is 19.3 Å². The number of thioether (sulfide) groups is 1. The molecule has 1 aliphatic rings. The van der Waals surface area contributed by atoms with E-state index < -0.39 is 12.7 Å². The maximum atomic E-state index is 12.0. The van der Waals surface area contributed by atoms with Crippen molar-refractivity contribution in [2.45, 2.75) is 19.5 Å². The van der Waals surface area contributed by atoms with Crippen LogP contribution in [0.5, 0.6) is 0 Å². The van der Waals surface area contributed by atoms with E-state index in [4.69, 9.17) is 0 Å². The fourth-order valence-electron chi connectivity index (χ4n) is 1.26. The molecule has 0 aliphatic carbocycles. The molecule has 0 fully saturated rings. The van der Waals surface area contributed by atoms with Crippen LogP contribution in [0.25, 0.3) is 0 Å². The number of aliphatic imine (C=N–C) groups is 1. The maximum absolute atomic E-state index is 12.0. The minimum absolute atomic E-state index is 0.309. The van der Waals surface area contributed by atoms with Gasteiger partial charge in [-0.2, -0.15) is 18.3 Å². The van der Waals surface area contributed by atoms with Gasteiger partial charge in [-0.25, -0.2) is 5.01 Å². The summed E-state index contributed by atoms with van der Waals surface area (Å²) in [6, 6.07) is 0. The average Bonchev–Trinajstić information content (AvgIpc) is 2.65. The van der Waals surface area contributed by atoms with E-state index in [0.29, 0.717) is 17.6 Å². The van der Waals surface area contributed by atoms with Crippen molar-refractivity contribution >= 4 is 23.1 Å². The SMILES string of the molecule is CCC1C=NN(/C(=N\CC(F)(F)F)SC)C1. The van der Waals surface area contributed by atoms with Crippen molar-refractivity contribution < 1.29 is 13.2 Å². The molecule has 1 rings (SSSR count). The summed E-state index contributed by atoms with van der Waals surface area (Å²) in [5.74, 6) is 0.309. The lowest BCUT2D eigenvalue weighted by Gasteiger charge is -2.16. The molecule has 0 aromatic heterocycles. The number of hydrazone groups is 1. The zero-order chi connectivity index (χ0) is 12.2. The molecule has 0 spiro atoms. The summed E-state index contributed by atoms with van der Waals surface area (Å²) in [5, 5.41) is 5.91. The van der Waals surface area contributed by atoms with Crippen LogP contribution in [0.15, 0.2) is 10.1 Å². The number of rotatable bonds is 2. The number of hydrogen-bond donors (Lipinski definition) is 0. The molecule has 0 radical (unpaired) electrons. The Morgan fingerprint density at radius 3 is 2.75 bits per heavy atom. The molecule has 0 saturated heterocycles. The molecule has 0 amide bonds. The summed E-state index contributed by atoms with van der Waals surface area (Å²) in [7, 11) is 0. The Kier molecular flexibility index (Phi) is 4.64. The highest BCUT2D eigenvalue weighted by Crippen LogP contribution is 2.19. The number of halogens is 3. The molecule has 16 heavy (non-hydrogen) atoms. The van der Waals surface area contributed by atoms with Crippen LogP contribution >= 0.6 is 11.8 Å². The first-order valence-corrected chi connectivity index (χ1v) is 6.15. The fraction of sp³-hybridized carbons (Fsp3) is 0.778. The highest BCUT2D eigenvalue weighted by Gasteiger charge is 2.28. The Bertz CT molecular complexity index is 288. The Balaban J connectivity index is 2.59. The predicted molar refractivity (Wildman–Crippen MR) is 60.9 cm³/mol. The minimum atomic E-state index is -4.26. The summed E-state index contributed by atoms with van der Waals surface area (Å²) >= 11 is 1.18. The van der Waals surface area contributed by atoms with Gasteiger partial charge < -0.3 is 0 Å². The predicted octanol–water partition coefficient (Wildman–Crippen LogP) is 2.60. The molecular weight excluding hydrogens is 239 g/mol. The van der Waals surface area contributed by atoms with E-state index in [-0.39, 0.29) is 0 Å². The van der Waals surface area contributed by atoms with Crippen molar-refractivity contribution in [3.8, 4) is 0 Å². The van der Waals surface area contributed by atoms with Gasteiger partial charge in [0.25, 0.3) is 0 Å². The van der Waals surface area contributed by atoms with E-state index in [2.05, 4.69) is 10.1 Å². The molecule has 1 atom stereocenters. The third-order valence-corrected chi connectivity index (χ3v) is 2.85. The van der Waals surface area contributed by atoms with Gasteiger partial charge in [-0.05, 0) is 12.7 Å². The molecule has 92 valence electrons. The highest BCUT2D eigenvalue weighted by atomic mass is 32.2. The van der Waals surface area contributed by atoms with Crippen LogP contribution in [0.2, 0.25) is 0 Å². The standard InChI is InChI=1S/C9H14F3N3S/c1-3-7-4-14-15(5-7)8(16-2)13-6-9(10,11)12/h4,7H,3,5-6H2,1-2H3/b13-8+. The van der Waals surface area contributed by atoms with Crippen molar-refractivity contribution in [3.05, 3.63) is 0 Å². The van der Waals surface area contributed by atoms with Crippen LogP contribution in [0.4, 0.5) is 13.2 Å². The lowest BCUT2D eigenvalue weighted by atomic mass is 10.1. The quantitative estimate of drug-likeness (QED) is 0.559. The van der Waals surface area contributed by atoms with Gasteiger partial charge in [-0.15, -0.1) is 0 Å². The Morgan fingerprint density at radius 2 is 2.31 bits per heavy atom. The lowest BCUT2D eigenvalue weighted by Crippen LogP contribution is -2.25. The molecule has 1 heterocycles. The summed E-state index contributed by atoms with van der Waals surface area (Å²) in [6.45, 7) is 1.49. The smallest absolute Gasteiger partial charge is 0.252 e. The van der Waals surface area contributed by atoms with E-state index in [1.807, 2.05) is 6.92 Å². The molecule has 1 unspecified atom stereocenters. The summed E-state index contributed by atoms with van der Waals surface area (Å²) in [5.41, 5.74) is 0. The van der Waals surface area contributed by atoms with Crippen molar-refractivity contribution in [1.29, 1.82) is 0 Å². The van der Waals surface area contributed by atoms with Crippen molar-refractivity contribution in [2.24, 2.45) is 16.0 Å². The van der Waals surface area contributed by atoms with E-state index in [0.717, 1.165) is 6.42 Å². The van der Waals surface area contributed by atoms with E-state index in [1.54, 1.807) is 12.5 Å². The van der Waals surface area contributed by atoms with Gasteiger partial charge in [-0.1, -0.05) is 18.7 Å². The van der Waals surface area contributed by atoms with Gasteiger partial charge in [0.1, 0.15) is 6.54 Å². The third kappa shape index (κ3) is 4.03. The fourth-order valence-corrected chi connectivity index (χ4v) is 1.79. The van der Waals surface area contributed by atoms with Crippen LogP contribution < -0.4 is 0 Å². The second-order valence-corrected chi connectivity index (χ2v) is 4.21. The first kappa shape index (κ1) is 13.3. The third-order valence-electron chi connectivity index (χ3n) is 2.15. The van der Waals surface area contributed by atoms with E-state index >= 15 is 0 Å². The first-order valence-electron chi connectivity index (χ1n) is 4.93. The van der Waals surface area contributed by atoms with Gasteiger partial charge in [0.15, 0.2) is 5.17 Å². The Morgan fingerprint density at radius 1 is 1.62 bits per heavy atom. The molecule has 7 heteroatoms. The average molecular weight is 253 g/mol. The topological polar surface area (TPSA) is 28.0 Å². The number of hydrogen-bond acceptors (Lipinski definition) is 3. The minimum Gasteiger partial charge on any atom is -0.252 e. The summed E-state index contributed by atoms with van der Waals surface area (Å²) < 4.78 is 36.0. The van der Waals surface area contributed by atoms with Crippen LogP contribution in [0, 0.1) is 5.92 Å². The highest BCUT2D eigenvalue weighted by molar-refractivity contribution is 8.13. The largest absolute Gasteiger partial charge is 0.408 e. The van der Waals surface area contributed by atoms with Crippen molar-refractivity contribution in [1.82, 2.24) is 5.01 Å². The molecule has 0 aromatic rings. The molecule has 0 aromatic carbocycles. The van der Waals surface area contributed by atoms with E-state index in [9.17, 15) is 13.2 Å². The number of nitrogens with zero attached hydrogens (tertiary/aromatic N) is 3. The normalized spacial score (nSPS) is 21.9. The lowest BCUT2D eigenvalue weighted by molar-refractivity contribution is -0.118. The number of amidine groups is 1. The zero-order valence-corrected chi connectivity index (χ0v) is 9.98. The van der Waals surface area contributed by atoms with Crippen LogP contribution in [0.3, 0.4) is 0 Å². The second-order valence-electron chi connectivity index (χ2n) is 3.43. The van der Waals surface area contributed by atoms with Gasteiger partial charge in [0.05, 0.1) is 6.54 Å². The van der Waals surface area contributed by atoms with Gasteiger partial charge >= 0.3 is 6.18 Å². The zero-order valence-electron chi connectivity index (χ0n) is 9.16. The summed E-state index contributed by atoms with van der Waals surface area (Å²) in [6.07, 6.45) is 0.138. The molecule has 0 saturated carbocycles.